The van der Waals surface area contributed by atoms with Crippen molar-refractivity contribution in [3.63, 3.8) is 0 Å². The van der Waals surface area contributed by atoms with Crippen molar-refractivity contribution in [2.45, 2.75) is 11.8 Å². The van der Waals surface area contributed by atoms with E-state index in [9.17, 15) is 13.2 Å². The summed E-state index contributed by atoms with van der Waals surface area (Å²) in [7, 11) is -3.69. The number of nitriles is 1. The zero-order chi connectivity index (χ0) is 19.2. The fourth-order valence-corrected chi connectivity index (χ4v) is 3.81. The van der Waals surface area contributed by atoms with Crippen molar-refractivity contribution in [1.82, 2.24) is 4.31 Å². The molecule has 0 saturated carbocycles. The van der Waals surface area contributed by atoms with Crippen LogP contribution in [-0.4, -0.2) is 51.6 Å². The summed E-state index contributed by atoms with van der Waals surface area (Å²) >= 11 is 6.08. The molecule has 8 nitrogen and oxygen atoms in total. The lowest BCUT2D eigenvalue weighted by Crippen LogP contribution is -2.40. The lowest BCUT2D eigenvalue weighted by Gasteiger charge is -2.26. The van der Waals surface area contributed by atoms with E-state index < -0.39 is 16.0 Å². The molecule has 1 aromatic carbocycles. The molecule has 1 heterocycles. The van der Waals surface area contributed by atoms with Gasteiger partial charge in [0.2, 0.25) is 10.0 Å². The lowest BCUT2D eigenvalue weighted by molar-refractivity contribution is -0.138. The number of hydrogen-bond donors (Lipinski definition) is 1. The number of nitrogens with one attached hydrogen (secondary N) is 1. The normalized spacial score (nSPS) is 16.0. The van der Waals surface area contributed by atoms with Crippen LogP contribution >= 0.6 is 11.6 Å². The average Bonchev–Trinajstić information content (AvgIpc) is 2.64. The molecule has 1 aromatic rings. The second-order valence-corrected chi connectivity index (χ2v) is 7.54. The summed E-state index contributed by atoms with van der Waals surface area (Å²) in [5, 5.41) is 12.0. The molecule has 0 aromatic heterocycles. The van der Waals surface area contributed by atoms with Crippen LogP contribution in [0.2, 0.25) is 5.02 Å². The number of anilines is 1. The molecular weight excluding hydrogens is 382 g/mol. The predicted molar refractivity (Wildman–Crippen MR) is 95.0 cm³/mol. The molecule has 140 valence electrons. The highest BCUT2D eigenvalue weighted by atomic mass is 35.5. The lowest BCUT2D eigenvalue weighted by atomic mass is 10.3. The van der Waals surface area contributed by atoms with Crippen LogP contribution in [0, 0.1) is 11.3 Å². The SMILES string of the molecule is CCOC(=O)/C(C#N)=C/Nc1cc(S(=O)(=O)N2CCOCC2)ccc1Cl. The van der Waals surface area contributed by atoms with Gasteiger partial charge in [0, 0.05) is 19.3 Å². The number of ether oxygens (including phenoxy) is 2. The smallest absolute Gasteiger partial charge is 0.350 e. The van der Waals surface area contributed by atoms with Crippen molar-refractivity contribution in [3.05, 3.63) is 35.0 Å². The van der Waals surface area contributed by atoms with E-state index in [0.717, 1.165) is 6.20 Å². The summed E-state index contributed by atoms with van der Waals surface area (Å²) in [6.45, 7) is 2.98. The molecule has 0 spiro atoms. The number of morpholine rings is 1. The molecule has 0 atom stereocenters. The monoisotopic (exact) mass is 399 g/mol. The Bertz CT molecular complexity index is 842. The number of esters is 1. The maximum atomic E-state index is 12.7. The van der Waals surface area contributed by atoms with Crippen LogP contribution in [0.25, 0.3) is 0 Å². The number of rotatable bonds is 6. The summed E-state index contributed by atoms with van der Waals surface area (Å²) in [6, 6.07) is 5.90. The third-order valence-corrected chi connectivity index (χ3v) is 5.76. The largest absolute Gasteiger partial charge is 0.462 e. The van der Waals surface area contributed by atoms with Gasteiger partial charge in [-0.3, -0.25) is 0 Å². The van der Waals surface area contributed by atoms with Crippen LogP contribution in [0.15, 0.2) is 34.9 Å². The Morgan fingerprint density at radius 2 is 2.15 bits per heavy atom. The van der Waals surface area contributed by atoms with Gasteiger partial charge in [-0.15, -0.1) is 0 Å². The summed E-state index contributed by atoms with van der Waals surface area (Å²) in [4.78, 5) is 11.7. The Balaban J connectivity index is 2.27. The Hall–Kier alpha value is -2.12. The highest BCUT2D eigenvalue weighted by Crippen LogP contribution is 2.27. The van der Waals surface area contributed by atoms with Crippen LogP contribution in [-0.2, 0) is 24.3 Å². The van der Waals surface area contributed by atoms with Crippen molar-refractivity contribution in [2.75, 3.05) is 38.2 Å². The van der Waals surface area contributed by atoms with E-state index in [-0.39, 0.29) is 40.9 Å². The van der Waals surface area contributed by atoms with Crippen molar-refractivity contribution < 1.29 is 22.7 Å². The second-order valence-electron chi connectivity index (χ2n) is 5.19. The third-order valence-electron chi connectivity index (χ3n) is 3.53. The van der Waals surface area contributed by atoms with Gasteiger partial charge < -0.3 is 14.8 Å². The molecule has 1 aliphatic rings. The number of carbonyl (C=O) groups is 1. The van der Waals surface area contributed by atoms with Crippen LogP contribution in [0.1, 0.15) is 6.92 Å². The number of nitrogens with zero attached hydrogens (tertiary/aromatic N) is 2. The third kappa shape index (κ3) is 4.74. The van der Waals surface area contributed by atoms with Gasteiger partial charge in [-0.1, -0.05) is 11.6 Å². The number of benzene rings is 1. The zero-order valence-corrected chi connectivity index (χ0v) is 15.6. The van der Waals surface area contributed by atoms with Crippen LogP contribution in [0.5, 0.6) is 0 Å². The number of sulfonamides is 1. The van der Waals surface area contributed by atoms with Gasteiger partial charge in [-0.2, -0.15) is 9.57 Å². The Morgan fingerprint density at radius 3 is 2.77 bits per heavy atom. The first kappa shape index (κ1) is 20.2. The average molecular weight is 400 g/mol. The molecule has 0 unspecified atom stereocenters. The van der Waals surface area contributed by atoms with Crippen molar-refractivity contribution >= 4 is 33.3 Å². The molecule has 2 rings (SSSR count). The van der Waals surface area contributed by atoms with E-state index in [1.54, 1.807) is 13.0 Å². The maximum absolute atomic E-state index is 12.7. The minimum atomic E-state index is -3.69. The summed E-state index contributed by atoms with van der Waals surface area (Å²) < 4.78 is 36.6. The predicted octanol–water partition coefficient (Wildman–Crippen LogP) is 1.74. The van der Waals surface area contributed by atoms with Crippen LogP contribution in [0.3, 0.4) is 0 Å². The standard InChI is InChI=1S/C16H18ClN3O5S/c1-2-25-16(21)12(10-18)11-19-15-9-13(3-4-14(15)17)26(22,23)20-5-7-24-8-6-20/h3-4,9,11,19H,2,5-8H2,1H3/b12-11+. The van der Waals surface area contributed by atoms with Crippen molar-refractivity contribution in [2.24, 2.45) is 0 Å². The van der Waals surface area contributed by atoms with E-state index in [2.05, 4.69) is 5.32 Å². The van der Waals surface area contributed by atoms with Gasteiger partial charge in [0.25, 0.3) is 0 Å². The van der Waals surface area contributed by atoms with Gasteiger partial charge in [0.1, 0.15) is 6.07 Å². The number of halogens is 1. The van der Waals surface area contributed by atoms with Crippen molar-refractivity contribution in [3.8, 4) is 6.07 Å². The summed E-state index contributed by atoms with van der Waals surface area (Å²) in [5.41, 5.74) is -0.0117. The summed E-state index contributed by atoms with van der Waals surface area (Å²) in [6.07, 6.45) is 1.13. The van der Waals surface area contributed by atoms with E-state index >= 15 is 0 Å². The first-order valence-corrected chi connectivity index (χ1v) is 9.63. The van der Waals surface area contributed by atoms with Gasteiger partial charge in [-0.05, 0) is 25.1 Å². The Morgan fingerprint density at radius 1 is 1.46 bits per heavy atom. The van der Waals surface area contributed by atoms with E-state index in [0.29, 0.717) is 13.2 Å². The van der Waals surface area contributed by atoms with Gasteiger partial charge in [0.05, 0.1) is 35.4 Å². The van der Waals surface area contributed by atoms with Crippen LogP contribution in [0.4, 0.5) is 5.69 Å². The Labute approximate surface area is 157 Å². The molecule has 26 heavy (non-hydrogen) atoms. The van der Waals surface area contributed by atoms with E-state index in [4.69, 9.17) is 26.3 Å². The molecule has 10 heteroatoms. The fourth-order valence-electron chi connectivity index (χ4n) is 2.21. The molecule has 0 radical (unpaired) electrons. The quantitative estimate of drug-likeness (QED) is 0.441. The van der Waals surface area contributed by atoms with E-state index in [1.165, 1.54) is 22.5 Å². The van der Waals surface area contributed by atoms with Crippen LogP contribution < -0.4 is 5.32 Å². The topological polar surface area (TPSA) is 109 Å². The second kappa shape index (κ2) is 9.00. The minimum Gasteiger partial charge on any atom is -0.462 e. The molecule has 0 bridgehead atoms. The van der Waals surface area contributed by atoms with E-state index in [1.807, 2.05) is 0 Å². The zero-order valence-electron chi connectivity index (χ0n) is 14.1. The molecule has 1 saturated heterocycles. The molecule has 0 aliphatic carbocycles. The van der Waals surface area contributed by atoms with Gasteiger partial charge in [0.15, 0.2) is 5.57 Å². The first-order chi connectivity index (χ1) is 12.4. The Kier molecular flexibility index (Phi) is 6.99. The highest BCUT2D eigenvalue weighted by Gasteiger charge is 2.26. The van der Waals surface area contributed by atoms with Gasteiger partial charge in [-0.25, -0.2) is 13.2 Å². The molecule has 1 N–H and O–H groups in total. The summed E-state index contributed by atoms with van der Waals surface area (Å²) in [5.74, 6) is -0.782. The maximum Gasteiger partial charge on any atom is 0.350 e. The molecule has 1 fully saturated rings. The molecule has 0 amide bonds. The van der Waals surface area contributed by atoms with Crippen molar-refractivity contribution in [1.29, 1.82) is 5.26 Å². The fraction of sp³-hybridized carbons (Fsp3) is 0.375. The minimum absolute atomic E-state index is 0.0503. The first-order valence-electron chi connectivity index (χ1n) is 7.81. The number of carbonyl (C=O) groups excluding carboxylic acids is 1. The number of hydrogen-bond acceptors (Lipinski definition) is 7. The highest BCUT2D eigenvalue weighted by molar-refractivity contribution is 7.89. The van der Waals surface area contributed by atoms with Gasteiger partial charge >= 0.3 is 5.97 Å². The molecule has 1 aliphatic heterocycles. The molecular formula is C16H18ClN3O5S.